The Morgan fingerprint density at radius 3 is 2.32 bits per heavy atom. The van der Waals surface area contributed by atoms with Gasteiger partial charge in [-0.1, -0.05) is 0 Å². The third-order valence-electron chi connectivity index (χ3n) is 2.60. The highest BCUT2D eigenvalue weighted by atomic mass is 79.9. The minimum Gasteiger partial charge on any atom is -0.339 e. The highest BCUT2D eigenvalue weighted by molar-refractivity contribution is 9.10. The van der Waals surface area contributed by atoms with Crippen LogP contribution in [0.15, 0.2) is 21.5 Å². The van der Waals surface area contributed by atoms with Gasteiger partial charge in [-0.15, -0.1) is 0 Å². The van der Waals surface area contributed by atoms with Gasteiger partial charge in [-0.3, -0.25) is 4.79 Å². The van der Waals surface area contributed by atoms with E-state index in [0.29, 0.717) is 13.1 Å². The number of amides is 1. The lowest BCUT2D eigenvalue weighted by Crippen LogP contribution is -2.30. The van der Waals surface area contributed by atoms with Gasteiger partial charge in [0.15, 0.2) is 0 Å². The van der Waals surface area contributed by atoms with Gasteiger partial charge in [-0.25, -0.2) is 17.9 Å². The van der Waals surface area contributed by atoms with Crippen LogP contribution in [0.1, 0.15) is 24.2 Å². The quantitative estimate of drug-likeness (QED) is 0.895. The van der Waals surface area contributed by atoms with Crippen LogP contribution in [0.5, 0.6) is 0 Å². The molecular weight excluding hydrogens is 339 g/mol. The van der Waals surface area contributed by atoms with E-state index in [1.54, 1.807) is 13.8 Å². The fourth-order valence-corrected chi connectivity index (χ4v) is 3.13. The number of carbonyl (C=O) groups is 1. The van der Waals surface area contributed by atoms with E-state index in [-0.39, 0.29) is 10.0 Å². The summed E-state index contributed by atoms with van der Waals surface area (Å²) in [5.74, 6) is -1.29. The van der Waals surface area contributed by atoms with E-state index in [0.717, 1.165) is 12.1 Å². The van der Waals surface area contributed by atoms with E-state index in [1.807, 2.05) is 0 Å². The summed E-state index contributed by atoms with van der Waals surface area (Å²) in [6, 6.07) is 2.06. The Balaban J connectivity index is 3.40. The van der Waals surface area contributed by atoms with Gasteiger partial charge in [-0.05, 0) is 41.9 Å². The van der Waals surface area contributed by atoms with Crippen molar-refractivity contribution in [2.24, 2.45) is 5.14 Å². The number of hydrogen-bond acceptors (Lipinski definition) is 3. The summed E-state index contributed by atoms with van der Waals surface area (Å²) in [5, 5.41) is 4.99. The van der Waals surface area contributed by atoms with Crippen molar-refractivity contribution in [3.63, 3.8) is 0 Å². The molecule has 0 aliphatic heterocycles. The van der Waals surface area contributed by atoms with Crippen molar-refractivity contribution in [3.8, 4) is 0 Å². The van der Waals surface area contributed by atoms with Crippen molar-refractivity contribution in [1.29, 1.82) is 0 Å². The number of primary sulfonamides is 1. The molecule has 0 saturated carbocycles. The molecule has 0 unspecified atom stereocenters. The maximum Gasteiger partial charge on any atom is 0.253 e. The molecule has 1 aromatic rings. The fourth-order valence-electron chi connectivity index (χ4n) is 1.59. The van der Waals surface area contributed by atoms with Gasteiger partial charge in [0, 0.05) is 18.7 Å². The first-order valence-corrected chi connectivity index (χ1v) is 7.87. The lowest BCUT2D eigenvalue weighted by Gasteiger charge is -2.19. The second kappa shape index (κ2) is 5.98. The van der Waals surface area contributed by atoms with Crippen LogP contribution in [0, 0.1) is 5.82 Å². The monoisotopic (exact) mass is 352 g/mol. The average molecular weight is 353 g/mol. The van der Waals surface area contributed by atoms with Crippen LogP contribution < -0.4 is 5.14 Å². The normalized spacial score (nSPS) is 11.4. The van der Waals surface area contributed by atoms with E-state index >= 15 is 0 Å². The number of benzene rings is 1. The molecule has 0 heterocycles. The van der Waals surface area contributed by atoms with Crippen LogP contribution in [0.4, 0.5) is 4.39 Å². The summed E-state index contributed by atoms with van der Waals surface area (Å²) in [5.41, 5.74) is -0.0478. The fraction of sp³-hybridized carbons (Fsp3) is 0.364. The van der Waals surface area contributed by atoms with Crippen molar-refractivity contribution >= 4 is 31.9 Å². The molecule has 1 amide bonds. The Hall–Kier alpha value is -0.990. The predicted octanol–water partition coefficient (Wildman–Crippen LogP) is 1.72. The lowest BCUT2D eigenvalue weighted by molar-refractivity contribution is 0.0772. The topological polar surface area (TPSA) is 80.5 Å². The van der Waals surface area contributed by atoms with Crippen molar-refractivity contribution in [1.82, 2.24) is 4.90 Å². The Labute approximate surface area is 119 Å². The van der Waals surface area contributed by atoms with Gasteiger partial charge in [0.05, 0.1) is 9.37 Å². The number of rotatable bonds is 4. The molecule has 1 rings (SSSR count). The summed E-state index contributed by atoms with van der Waals surface area (Å²) in [7, 11) is -4.11. The average Bonchev–Trinajstić information content (AvgIpc) is 2.32. The predicted molar refractivity (Wildman–Crippen MR) is 72.7 cm³/mol. The van der Waals surface area contributed by atoms with Crippen molar-refractivity contribution in [3.05, 3.63) is 28.0 Å². The zero-order chi connectivity index (χ0) is 14.8. The largest absolute Gasteiger partial charge is 0.339 e. The van der Waals surface area contributed by atoms with Crippen LogP contribution in [-0.2, 0) is 10.0 Å². The van der Waals surface area contributed by atoms with Crippen LogP contribution in [0.2, 0.25) is 0 Å². The second-order valence-corrected chi connectivity index (χ2v) is 6.12. The molecule has 106 valence electrons. The first-order chi connectivity index (χ1) is 8.72. The maximum absolute atomic E-state index is 13.7. The Morgan fingerprint density at radius 2 is 1.89 bits per heavy atom. The lowest BCUT2D eigenvalue weighted by atomic mass is 10.2. The van der Waals surface area contributed by atoms with Crippen LogP contribution >= 0.6 is 15.9 Å². The minimum absolute atomic E-state index is 0.0478. The molecule has 0 atom stereocenters. The third-order valence-corrected chi connectivity index (χ3v) is 4.60. The van der Waals surface area contributed by atoms with E-state index < -0.39 is 26.6 Å². The summed E-state index contributed by atoms with van der Waals surface area (Å²) >= 11 is 2.81. The van der Waals surface area contributed by atoms with Gasteiger partial charge in [0.2, 0.25) is 10.0 Å². The third kappa shape index (κ3) is 3.52. The SMILES string of the molecule is CCN(CC)C(=O)c1cc(F)c(Br)c(S(N)(=O)=O)c1. The standard InChI is InChI=1S/C11H14BrFN2O3S/c1-3-15(4-2)11(16)7-5-8(13)10(12)9(6-7)19(14,17)18/h5-6H,3-4H2,1-2H3,(H2,14,17,18). The Kier molecular flexibility index (Phi) is 5.05. The number of carbonyl (C=O) groups excluding carboxylic acids is 1. The molecule has 0 aromatic heterocycles. The molecule has 0 aliphatic carbocycles. The number of nitrogens with two attached hydrogens (primary N) is 1. The second-order valence-electron chi connectivity index (χ2n) is 3.79. The highest BCUT2D eigenvalue weighted by Crippen LogP contribution is 2.26. The van der Waals surface area contributed by atoms with Gasteiger partial charge in [-0.2, -0.15) is 0 Å². The molecule has 0 spiro atoms. The number of hydrogen-bond donors (Lipinski definition) is 1. The summed E-state index contributed by atoms with van der Waals surface area (Å²) in [4.78, 5) is 13.1. The van der Waals surface area contributed by atoms with Gasteiger partial charge in [0.25, 0.3) is 5.91 Å². The zero-order valence-corrected chi connectivity index (χ0v) is 12.9. The molecular formula is C11H14BrFN2O3S. The summed E-state index contributed by atoms with van der Waals surface area (Å²) in [6.45, 7) is 4.43. The zero-order valence-electron chi connectivity index (χ0n) is 10.5. The molecule has 8 heteroatoms. The molecule has 19 heavy (non-hydrogen) atoms. The molecule has 5 nitrogen and oxygen atoms in total. The van der Waals surface area contributed by atoms with Gasteiger partial charge in [0.1, 0.15) is 5.82 Å². The smallest absolute Gasteiger partial charge is 0.253 e. The molecule has 1 aromatic carbocycles. The molecule has 0 bridgehead atoms. The number of sulfonamides is 1. The summed E-state index contributed by atoms with van der Waals surface area (Å²) in [6.07, 6.45) is 0. The van der Waals surface area contributed by atoms with E-state index in [1.165, 1.54) is 4.90 Å². The molecule has 0 aliphatic rings. The molecule has 2 N–H and O–H groups in total. The van der Waals surface area contributed by atoms with E-state index in [9.17, 15) is 17.6 Å². The first kappa shape index (κ1) is 16.1. The van der Waals surface area contributed by atoms with Crippen LogP contribution in [0.25, 0.3) is 0 Å². The van der Waals surface area contributed by atoms with Crippen molar-refractivity contribution in [2.75, 3.05) is 13.1 Å². The minimum atomic E-state index is -4.11. The summed E-state index contributed by atoms with van der Waals surface area (Å²) < 4.78 is 36.1. The van der Waals surface area contributed by atoms with Crippen molar-refractivity contribution in [2.45, 2.75) is 18.7 Å². The first-order valence-electron chi connectivity index (χ1n) is 5.53. The van der Waals surface area contributed by atoms with E-state index in [2.05, 4.69) is 15.9 Å². The Morgan fingerprint density at radius 1 is 1.37 bits per heavy atom. The Bertz CT molecular complexity index is 600. The van der Waals surface area contributed by atoms with Crippen LogP contribution in [0.3, 0.4) is 0 Å². The number of nitrogens with zero attached hydrogens (tertiary/aromatic N) is 1. The molecule has 0 radical (unpaired) electrons. The molecule has 0 fully saturated rings. The number of halogens is 2. The van der Waals surface area contributed by atoms with Crippen molar-refractivity contribution < 1.29 is 17.6 Å². The maximum atomic E-state index is 13.7. The van der Waals surface area contributed by atoms with Crippen LogP contribution in [-0.4, -0.2) is 32.3 Å². The molecule has 0 saturated heterocycles. The van der Waals surface area contributed by atoms with Gasteiger partial charge < -0.3 is 4.90 Å². The highest BCUT2D eigenvalue weighted by Gasteiger charge is 2.21. The van der Waals surface area contributed by atoms with Gasteiger partial charge >= 0.3 is 0 Å². The van der Waals surface area contributed by atoms with E-state index in [4.69, 9.17) is 5.14 Å².